The Morgan fingerprint density at radius 2 is 1.30 bits per heavy atom. The number of carboxylic acid groups (broad SMARTS) is 1. The number of rotatable bonds is 14. The lowest BCUT2D eigenvalue weighted by Gasteiger charge is -2.22. The molecule has 0 aromatic heterocycles. The smallest absolute Gasteiger partial charge is 0.475 e. The van der Waals surface area contributed by atoms with Gasteiger partial charge in [-0.3, -0.25) is 25.7 Å². The van der Waals surface area contributed by atoms with E-state index in [0.29, 0.717) is 6.47 Å². The maximum Gasteiger partial charge on any atom is 0.490 e. The number of nitrogens with zero attached hydrogens (tertiary/aromatic N) is 2. The highest BCUT2D eigenvalue weighted by atomic mass is 19.4. The predicted molar refractivity (Wildman–Crippen MR) is 180 cm³/mol. The van der Waals surface area contributed by atoms with Crippen molar-refractivity contribution in [2.45, 2.75) is 58.3 Å². The van der Waals surface area contributed by atoms with E-state index >= 15 is 0 Å². The molecule has 0 fully saturated rings. The van der Waals surface area contributed by atoms with Gasteiger partial charge in [-0.15, -0.1) is 0 Å². The first kappa shape index (κ1) is 49.6. The summed E-state index contributed by atoms with van der Waals surface area (Å²) in [7, 11) is 5.77. The van der Waals surface area contributed by atoms with E-state index in [1.165, 1.54) is 24.2 Å². The molecule has 0 radical (unpaired) electrons. The minimum Gasteiger partial charge on any atom is -0.475 e. The summed E-state index contributed by atoms with van der Waals surface area (Å²) >= 11 is 0. The lowest BCUT2D eigenvalue weighted by Crippen LogP contribution is -2.47. The van der Waals surface area contributed by atoms with Crippen molar-refractivity contribution in [2.75, 3.05) is 34.9 Å². The Morgan fingerprint density at radius 1 is 0.849 bits per heavy atom. The van der Waals surface area contributed by atoms with Gasteiger partial charge in [-0.2, -0.15) is 13.2 Å². The van der Waals surface area contributed by atoms with Gasteiger partial charge in [-0.05, 0) is 31.9 Å². The van der Waals surface area contributed by atoms with E-state index in [1.807, 2.05) is 60.7 Å². The zero-order valence-electron chi connectivity index (χ0n) is 30.2. The van der Waals surface area contributed by atoms with Gasteiger partial charge in [0.15, 0.2) is 0 Å². The van der Waals surface area contributed by atoms with E-state index in [2.05, 4.69) is 30.5 Å². The van der Waals surface area contributed by atoms with Crippen LogP contribution in [0.1, 0.15) is 31.9 Å². The van der Waals surface area contributed by atoms with Crippen LogP contribution in [0.4, 0.5) is 22.8 Å². The van der Waals surface area contributed by atoms with Gasteiger partial charge in [0.05, 0.1) is 20.3 Å². The first-order chi connectivity index (χ1) is 24.8. The second-order valence-corrected chi connectivity index (χ2v) is 10.3. The molecule has 3 unspecified atom stereocenters. The highest BCUT2D eigenvalue weighted by Gasteiger charge is 2.38. The van der Waals surface area contributed by atoms with Crippen LogP contribution in [0.5, 0.6) is 0 Å². The average molecular weight is 765 g/mol. The highest BCUT2D eigenvalue weighted by Crippen LogP contribution is 2.13. The third-order valence-corrected chi connectivity index (χ3v) is 5.86. The average Bonchev–Trinajstić information content (AvgIpc) is 3.14. The number of halogens is 3. The van der Waals surface area contributed by atoms with Gasteiger partial charge < -0.3 is 28.8 Å². The SMILES string of the molecule is CC(COC=O)NN(C)C(=O)OCc1ccccc1.COC(=O)C(C)N(C)N.COC(=O)C(C)NNC(=O)OCc1ccccc1.O=C(O)C(F)(F)F. The van der Waals surface area contributed by atoms with Crippen molar-refractivity contribution in [3.8, 4) is 0 Å². The number of likely N-dealkylation sites (N-methyl/N-ethyl adjacent to an activating group) is 1. The molecule has 298 valence electrons. The number of nitrogens with two attached hydrogens (primary N) is 1. The summed E-state index contributed by atoms with van der Waals surface area (Å²) in [6, 6.07) is 17.5. The van der Waals surface area contributed by atoms with Crippen molar-refractivity contribution in [3.05, 3.63) is 71.8 Å². The molecule has 3 atom stereocenters. The molecule has 2 aromatic carbocycles. The normalized spacial score (nSPS) is 11.8. The standard InChI is InChI=1S/C13H18N2O4.C12H16N2O4.C5H12N2O2.C2HF3O2/c1-11(8-18-10-16)14-15(2)13(17)19-9-12-6-4-3-5-7-12;1-9(11(15)17-2)13-14-12(16)18-8-10-6-4-3-5-7-10;1-4(7(2)6)5(8)9-3;3-2(4,5)1(6)7/h3-7,10-11,14H,8-9H2,1-2H3;3-7,9,13H,8H2,1-2H3,(H,14,16);4H,6H2,1-3H3;(H,6,7). The minimum atomic E-state index is -5.08. The summed E-state index contributed by atoms with van der Waals surface area (Å²) in [5.74, 6) is 1.69. The number of amides is 2. The third kappa shape index (κ3) is 26.0. The van der Waals surface area contributed by atoms with Crippen molar-refractivity contribution in [1.82, 2.24) is 26.3 Å². The number of aliphatic carboxylic acids is 1. The lowest BCUT2D eigenvalue weighted by molar-refractivity contribution is -0.192. The van der Waals surface area contributed by atoms with Gasteiger partial charge in [-0.1, -0.05) is 60.7 Å². The number of hydrogen-bond donors (Lipinski definition) is 5. The zero-order valence-corrected chi connectivity index (χ0v) is 30.2. The number of methoxy groups -OCH3 is 2. The van der Waals surface area contributed by atoms with E-state index in [0.717, 1.165) is 11.1 Å². The summed E-state index contributed by atoms with van der Waals surface area (Å²) in [6.45, 7) is 5.94. The third-order valence-electron chi connectivity index (χ3n) is 5.86. The summed E-state index contributed by atoms with van der Waals surface area (Å²) < 4.78 is 55.2. The maximum absolute atomic E-state index is 11.7. The number of carboxylic acids is 1. The van der Waals surface area contributed by atoms with Crippen molar-refractivity contribution >= 4 is 36.6 Å². The fourth-order valence-electron chi connectivity index (χ4n) is 2.92. The van der Waals surface area contributed by atoms with E-state index in [9.17, 15) is 37.1 Å². The Bertz CT molecular complexity index is 1360. The Kier molecular flexibility index (Phi) is 26.3. The van der Waals surface area contributed by atoms with Crippen molar-refractivity contribution < 1.29 is 70.7 Å². The van der Waals surface area contributed by atoms with Crippen LogP contribution in [-0.2, 0) is 56.1 Å². The van der Waals surface area contributed by atoms with Crippen LogP contribution in [0.15, 0.2) is 60.7 Å². The molecule has 18 nitrogen and oxygen atoms in total. The number of alkyl halides is 3. The van der Waals surface area contributed by atoms with Gasteiger partial charge in [0.1, 0.15) is 31.9 Å². The van der Waals surface area contributed by atoms with Crippen LogP contribution in [0, 0.1) is 0 Å². The number of nitrogens with one attached hydrogen (secondary N) is 3. The Labute approximate surface area is 304 Å². The van der Waals surface area contributed by atoms with Crippen LogP contribution in [0.2, 0.25) is 0 Å². The Morgan fingerprint density at radius 3 is 1.68 bits per heavy atom. The molecule has 0 aliphatic rings. The molecule has 0 spiro atoms. The molecular formula is C32H47F3N6O12. The van der Waals surface area contributed by atoms with Gasteiger partial charge in [0.2, 0.25) is 0 Å². The van der Waals surface area contributed by atoms with Crippen LogP contribution in [0.25, 0.3) is 0 Å². The molecular weight excluding hydrogens is 717 g/mol. The van der Waals surface area contributed by atoms with Gasteiger partial charge in [0, 0.05) is 14.1 Å². The number of hydrogen-bond acceptors (Lipinski definition) is 15. The largest absolute Gasteiger partial charge is 0.490 e. The van der Waals surface area contributed by atoms with E-state index in [1.54, 1.807) is 34.9 Å². The van der Waals surface area contributed by atoms with Crippen molar-refractivity contribution in [1.29, 1.82) is 0 Å². The molecule has 2 rings (SSSR count). The second kappa shape index (κ2) is 28.1. The molecule has 21 heteroatoms. The lowest BCUT2D eigenvalue weighted by atomic mass is 10.2. The molecule has 53 heavy (non-hydrogen) atoms. The summed E-state index contributed by atoms with van der Waals surface area (Å²) in [5, 5.41) is 9.65. The van der Waals surface area contributed by atoms with Crippen LogP contribution in [0.3, 0.4) is 0 Å². The zero-order chi connectivity index (χ0) is 41.0. The fraction of sp³-hybridized carbons (Fsp3) is 0.438. The molecule has 0 bridgehead atoms. The number of esters is 2. The van der Waals surface area contributed by atoms with Gasteiger partial charge >= 0.3 is 36.3 Å². The minimum absolute atomic E-state index is 0.168. The predicted octanol–water partition coefficient (Wildman–Crippen LogP) is 2.29. The molecule has 0 heterocycles. The second-order valence-electron chi connectivity index (χ2n) is 10.3. The molecule has 0 saturated carbocycles. The Balaban J connectivity index is 0. The monoisotopic (exact) mass is 764 g/mol. The van der Waals surface area contributed by atoms with Crippen LogP contribution >= 0.6 is 0 Å². The summed E-state index contributed by atoms with van der Waals surface area (Å²) in [5.41, 5.74) is 9.35. The topological polar surface area (TPSA) is 237 Å². The highest BCUT2D eigenvalue weighted by molar-refractivity contribution is 5.76. The van der Waals surface area contributed by atoms with Gasteiger partial charge in [0.25, 0.3) is 6.47 Å². The molecule has 2 amide bonds. The van der Waals surface area contributed by atoms with E-state index in [-0.39, 0.29) is 37.9 Å². The van der Waals surface area contributed by atoms with Gasteiger partial charge in [-0.25, -0.2) is 35.3 Å². The van der Waals surface area contributed by atoms with Crippen LogP contribution in [-0.4, -0.2) is 111 Å². The molecule has 0 aliphatic carbocycles. The number of carbonyl (C=O) groups excluding carboxylic acids is 5. The van der Waals surface area contributed by atoms with Crippen molar-refractivity contribution in [2.24, 2.45) is 5.84 Å². The fourth-order valence-corrected chi connectivity index (χ4v) is 2.92. The number of benzene rings is 2. The maximum atomic E-state index is 11.7. The quantitative estimate of drug-likeness (QED) is 0.0610. The van der Waals surface area contributed by atoms with Crippen LogP contribution < -0.4 is 22.1 Å². The first-order valence-electron chi connectivity index (χ1n) is 15.2. The summed E-state index contributed by atoms with van der Waals surface area (Å²) in [4.78, 5) is 63.5. The molecule has 0 saturated heterocycles. The summed E-state index contributed by atoms with van der Waals surface area (Å²) in [6.07, 6.45) is -6.24. The van der Waals surface area contributed by atoms with E-state index < -0.39 is 36.3 Å². The van der Waals surface area contributed by atoms with E-state index in [4.69, 9.17) is 25.2 Å². The Hall–Kier alpha value is -5.51. The number of carbonyl (C=O) groups is 6. The first-order valence-corrected chi connectivity index (χ1v) is 15.2. The molecule has 6 N–H and O–H groups in total. The number of ether oxygens (including phenoxy) is 5. The molecule has 2 aromatic rings. The molecule has 0 aliphatic heterocycles. The number of hydrazine groups is 3. The van der Waals surface area contributed by atoms with Crippen molar-refractivity contribution in [3.63, 3.8) is 0 Å².